The van der Waals surface area contributed by atoms with Crippen molar-refractivity contribution in [2.75, 3.05) is 30.4 Å². The van der Waals surface area contributed by atoms with E-state index in [0.29, 0.717) is 18.1 Å². The minimum atomic E-state index is 0.330. The SMILES string of the molecule is CNc1nc(C(C)C)nc(N2CCOC3CCCC32)c1C. The van der Waals surface area contributed by atoms with Gasteiger partial charge in [-0.05, 0) is 26.2 Å². The van der Waals surface area contributed by atoms with Crippen LogP contribution >= 0.6 is 0 Å². The molecule has 0 radical (unpaired) electrons. The van der Waals surface area contributed by atoms with Crippen LogP contribution in [-0.2, 0) is 4.74 Å². The molecule has 2 unspecified atom stereocenters. The lowest BCUT2D eigenvalue weighted by molar-refractivity contribution is 0.0252. The molecule has 1 aliphatic carbocycles. The van der Waals surface area contributed by atoms with Gasteiger partial charge in [0, 0.05) is 25.1 Å². The third-order valence-corrected chi connectivity index (χ3v) is 4.64. The number of morpholine rings is 1. The van der Waals surface area contributed by atoms with E-state index >= 15 is 0 Å². The topological polar surface area (TPSA) is 50.3 Å². The Bertz CT molecular complexity index is 517. The molecule has 116 valence electrons. The third-order valence-electron chi connectivity index (χ3n) is 4.64. The molecular weight excluding hydrogens is 264 g/mol. The van der Waals surface area contributed by atoms with Gasteiger partial charge >= 0.3 is 0 Å². The number of nitrogens with zero attached hydrogens (tertiary/aromatic N) is 3. The van der Waals surface area contributed by atoms with E-state index in [1.54, 1.807) is 0 Å². The van der Waals surface area contributed by atoms with Crippen molar-refractivity contribution in [1.82, 2.24) is 9.97 Å². The zero-order valence-electron chi connectivity index (χ0n) is 13.5. The Morgan fingerprint density at radius 1 is 1.29 bits per heavy atom. The summed E-state index contributed by atoms with van der Waals surface area (Å²) in [7, 11) is 1.93. The van der Waals surface area contributed by atoms with Crippen molar-refractivity contribution in [2.45, 2.75) is 58.1 Å². The van der Waals surface area contributed by atoms with Gasteiger partial charge in [0.1, 0.15) is 17.5 Å². The van der Waals surface area contributed by atoms with Crippen molar-refractivity contribution >= 4 is 11.6 Å². The molecule has 0 spiro atoms. The van der Waals surface area contributed by atoms with Crippen molar-refractivity contribution in [2.24, 2.45) is 0 Å². The number of hydrogen-bond acceptors (Lipinski definition) is 5. The number of rotatable bonds is 3. The van der Waals surface area contributed by atoms with Crippen molar-refractivity contribution < 1.29 is 4.74 Å². The number of anilines is 2. The normalized spacial score (nSPS) is 25.3. The number of fused-ring (bicyclic) bond motifs is 1. The predicted molar refractivity (Wildman–Crippen MR) is 85.1 cm³/mol. The maximum atomic E-state index is 5.93. The fourth-order valence-corrected chi connectivity index (χ4v) is 3.49. The predicted octanol–water partition coefficient (Wildman–Crippen LogP) is 2.71. The average Bonchev–Trinajstić information content (AvgIpc) is 2.95. The second kappa shape index (κ2) is 5.79. The molecular formula is C16H26N4O. The molecule has 1 N–H and O–H groups in total. The molecule has 2 fully saturated rings. The lowest BCUT2D eigenvalue weighted by Crippen LogP contribution is -2.49. The summed E-state index contributed by atoms with van der Waals surface area (Å²) in [6, 6.07) is 0.483. The Balaban J connectivity index is 2.01. The highest BCUT2D eigenvalue weighted by atomic mass is 16.5. The van der Waals surface area contributed by atoms with Crippen molar-refractivity contribution in [1.29, 1.82) is 0 Å². The van der Waals surface area contributed by atoms with Gasteiger partial charge in [-0.15, -0.1) is 0 Å². The maximum Gasteiger partial charge on any atom is 0.137 e. The second-order valence-electron chi connectivity index (χ2n) is 6.38. The first-order valence-electron chi connectivity index (χ1n) is 8.06. The average molecular weight is 290 g/mol. The van der Waals surface area contributed by atoms with E-state index in [1.807, 2.05) is 7.05 Å². The van der Waals surface area contributed by atoms with Crippen LogP contribution in [0.2, 0.25) is 0 Å². The molecule has 5 heteroatoms. The highest BCUT2D eigenvalue weighted by Gasteiger charge is 2.37. The summed E-state index contributed by atoms with van der Waals surface area (Å²) in [6.45, 7) is 8.14. The van der Waals surface area contributed by atoms with Crippen LogP contribution in [-0.4, -0.2) is 42.3 Å². The summed E-state index contributed by atoms with van der Waals surface area (Å²) in [5.41, 5.74) is 1.15. The van der Waals surface area contributed by atoms with Crippen molar-refractivity contribution in [3.05, 3.63) is 11.4 Å². The molecule has 0 amide bonds. The maximum absolute atomic E-state index is 5.93. The summed E-state index contributed by atoms with van der Waals surface area (Å²) in [5.74, 6) is 3.29. The van der Waals surface area contributed by atoms with Gasteiger partial charge in [-0.2, -0.15) is 0 Å². The zero-order valence-corrected chi connectivity index (χ0v) is 13.5. The van der Waals surface area contributed by atoms with Gasteiger partial charge in [0.2, 0.25) is 0 Å². The zero-order chi connectivity index (χ0) is 15.0. The molecule has 5 nitrogen and oxygen atoms in total. The van der Waals surface area contributed by atoms with Crippen LogP contribution in [0.4, 0.5) is 11.6 Å². The van der Waals surface area contributed by atoms with Gasteiger partial charge < -0.3 is 15.0 Å². The Morgan fingerprint density at radius 3 is 2.81 bits per heavy atom. The number of aromatic nitrogens is 2. The van der Waals surface area contributed by atoms with E-state index in [9.17, 15) is 0 Å². The van der Waals surface area contributed by atoms with Crippen LogP contribution < -0.4 is 10.2 Å². The first kappa shape index (κ1) is 14.6. The summed E-state index contributed by atoms with van der Waals surface area (Å²) in [6.07, 6.45) is 4.03. The van der Waals surface area contributed by atoms with E-state index in [0.717, 1.165) is 36.2 Å². The summed E-state index contributed by atoms with van der Waals surface area (Å²) < 4.78 is 5.93. The largest absolute Gasteiger partial charge is 0.374 e. The molecule has 1 aliphatic heterocycles. The van der Waals surface area contributed by atoms with E-state index in [-0.39, 0.29) is 0 Å². The third kappa shape index (κ3) is 2.59. The minimum Gasteiger partial charge on any atom is -0.374 e. The molecule has 1 aromatic heterocycles. The molecule has 0 bridgehead atoms. The van der Waals surface area contributed by atoms with Gasteiger partial charge in [-0.3, -0.25) is 0 Å². The lowest BCUT2D eigenvalue weighted by Gasteiger charge is -2.39. The fraction of sp³-hybridized carbons (Fsp3) is 0.750. The van der Waals surface area contributed by atoms with Crippen LogP contribution in [0.5, 0.6) is 0 Å². The first-order chi connectivity index (χ1) is 10.1. The highest BCUT2D eigenvalue weighted by Crippen LogP contribution is 2.35. The summed E-state index contributed by atoms with van der Waals surface area (Å²) in [5, 5.41) is 3.22. The minimum absolute atomic E-state index is 0.330. The van der Waals surface area contributed by atoms with Gasteiger partial charge in [0.05, 0.1) is 18.8 Å². The van der Waals surface area contributed by atoms with E-state index in [1.165, 1.54) is 19.3 Å². The molecule has 1 aromatic rings. The molecule has 2 aliphatic rings. The van der Waals surface area contributed by atoms with Crippen LogP contribution in [0.3, 0.4) is 0 Å². The van der Waals surface area contributed by atoms with E-state index < -0.39 is 0 Å². The smallest absolute Gasteiger partial charge is 0.137 e. The molecule has 1 saturated heterocycles. The van der Waals surface area contributed by atoms with Gasteiger partial charge in [0.25, 0.3) is 0 Å². The van der Waals surface area contributed by atoms with Crippen LogP contribution in [0, 0.1) is 6.92 Å². The van der Waals surface area contributed by atoms with Gasteiger partial charge in [-0.1, -0.05) is 13.8 Å². The van der Waals surface area contributed by atoms with Gasteiger partial charge in [0.15, 0.2) is 0 Å². The van der Waals surface area contributed by atoms with Crippen LogP contribution in [0.1, 0.15) is 50.4 Å². The molecule has 21 heavy (non-hydrogen) atoms. The number of ether oxygens (including phenoxy) is 1. The summed E-state index contributed by atoms with van der Waals surface area (Å²) >= 11 is 0. The molecule has 3 rings (SSSR count). The van der Waals surface area contributed by atoms with E-state index in [4.69, 9.17) is 9.72 Å². The lowest BCUT2D eigenvalue weighted by atomic mass is 10.1. The monoisotopic (exact) mass is 290 g/mol. The van der Waals surface area contributed by atoms with E-state index in [2.05, 4.69) is 36.0 Å². The van der Waals surface area contributed by atoms with Crippen molar-refractivity contribution in [3.63, 3.8) is 0 Å². The molecule has 2 heterocycles. The van der Waals surface area contributed by atoms with Crippen molar-refractivity contribution in [3.8, 4) is 0 Å². The number of hydrogen-bond donors (Lipinski definition) is 1. The first-order valence-corrected chi connectivity index (χ1v) is 8.06. The quantitative estimate of drug-likeness (QED) is 0.927. The highest BCUT2D eigenvalue weighted by molar-refractivity contribution is 5.59. The Hall–Kier alpha value is -1.36. The second-order valence-corrected chi connectivity index (χ2v) is 6.38. The van der Waals surface area contributed by atoms with Gasteiger partial charge in [-0.25, -0.2) is 9.97 Å². The fourth-order valence-electron chi connectivity index (χ4n) is 3.49. The Kier molecular flexibility index (Phi) is 4.02. The van der Waals surface area contributed by atoms with Crippen LogP contribution in [0.25, 0.3) is 0 Å². The Morgan fingerprint density at radius 2 is 2.10 bits per heavy atom. The summed E-state index contributed by atoms with van der Waals surface area (Å²) in [4.78, 5) is 12.0. The molecule has 0 aromatic carbocycles. The molecule has 2 atom stereocenters. The standard InChI is InChI=1S/C16H26N4O/c1-10(2)14-18-15(17-4)11(3)16(19-14)20-8-9-21-13-7-5-6-12(13)20/h10,12-13H,5-9H2,1-4H3,(H,17,18,19). The number of nitrogens with one attached hydrogen (secondary N) is 1. The Labute approximate surface area is 127 Å². The van der Waals surface area contributed by atoms with Crippen LogP contribution in [0.15, 0.2) is 0 Å². The molecule has 1 saturated carbocycles.